The number of carbonyl (C=O) groups excluding carboxylic acids is 1. The fourth-order valence-corrected chi connectivity index (χ4v) is 3.10. The molecule has 0 aliphatic rings. The Morgan fingerprint density at radius 1 is 1.07 bits per heavy atom. The predicted molar refractivity (Wildman–Crippen MR) is 106 cm³/mol. The number of benzene rings is 2. The van der Waals surface area contributed by atoms with Gasteiger partial charge in [0.2, 0.25) is 0 Å². The van der Waals surface area contributed by atoms with Crippen molar-refractivity contribution in [2.45, 2.75) is 6.92 Å². The predicted octanol–water partition coefficient (Wildman–Crippen LogP) is 2.47. The van der Waals surface area contributed by atoms with Crippen LogP contribution in [0.15, 0.2) is 60.7 Å². The molecule has 0 spiro atoms. The number of nitrogens with zero attached hydrogens (tertiary/aromatic N) is 1. The molecule has 4 nitrogen and oxygen atoms in total. The van der Waals surface area contributed by atoms with E-state index in [4.69, 9.17) is 0 Å². The van der Waals surface area contributed by atoms with E-state index >= 15 is 0 Å². The summed E-state index contributed by atoms with van der Waals surface area (Å²) in [5.41, 5.74) is 4.18. The average molecular weight is 366 g/mol. The third kappa shape index (κ3) is 4.26. The molecule has 0 saturated carbocycles. The summed E-state index contributed by atoms with van der Waals surface area (Å²) in [6, 6.07) is 18.1. The lowest BCUT2D eigenvalue weighted by Crippen LogP contribution is -3.06. The second-order valence-electron chi connectivity index (χ2n) is 6.92. The fourth-order valence-electron chi connectivity index (χ4n) is 3.10. The Labute approximate surface area is 159 Å². The van der Waals surface area contributed by atoms with E-state index in [9.17, 15) is 9.18 Å². The van der Waals surface area contributed by atoms with Gasteiger partial charge in [0, 0.05) is 11.4 Å². The smallest absolute Gasteiger partial charge is 0.253 e. The molecule has 0 atom stereocenters. The minimum atomic E-state index is -0.280. The highest BCUT2D eigenvalue weighted by Crippen LogP contribution is 2.29. The Kier molecular flexibility index (Phi) is 5.72. The zero-order chi connectivity index (χ0) is 19.4. The van der Waals surface area contributed by atoms with Gasteiger partial charge in [-0.15, -0.1) is 0 Å². The standard InChI is InChI=1S/C22H24FN3O/c1-16-20(22(27)24-13-14-25(2)3)15-21(17-9-11-18(23)12-10-17)26(16)19-7-5-4-6-8-19/h4-12,15H,13-14H2,1-3H3,(H,24,27)/p+1. The van der Waals surface area contributed by atoms with Crippen molar-refractivity contribution in [3.8, 4) is 16.9 Å². The molecular weight excluding hydrogens is 341 g/mol. The first-order chi connectivity index (χ1) is 13.0. The average Bonchev–Trinajstić information content (AvgIpc) is 3.00. The summed E-state index contributed by atoms with van der Waals surface area (Å²) in [5, 5.41) is 2.99. The summed E-state index contributed by atoms with van der Waals surface area (Å²) in [5.74, 6) is -0.371. The lowest BCUT2D eigenvalue weighted by Gasteiger charge is -2.12. The second-order valence-corrected chi connectivity index (χ2v) is 6.92. The number of para-hydroxylation sites is 1. The van der Waals surface area contributed by atoms with Crippen LogP contribution < -0.4 is 10.2 Å². The summed E-state index contributed by atoms with van der Waals surface area (Å²) in [6.45, 7) is 3.41. The molecule has 140 valence electrons. The van der Waals surface area contributed by atoms with Crippen LogP contribution in [-0.2, 0) is 0 Å². The van der Waals surface area contributed by atoms with Gasteiger partial charge in [0.1, 0.15) is 5.82 Å². The van der Waals surface area contributed by atoms with Crippen molar-refractivity contribution in [3.63, 3.8) is 0 Å². The van der Waals surface area contributed by atoms with Crippen molar-refractivity contribution in [2.75, 3.05) is 27.2 Å². The van der Waals surface area contributed by atoms with Crippen LogP contribution in [0.5, 0.6) is 0 Å². The lowest BCUT2D eigenvalue weighted by atomic mass is 10.1. The van der Waals surface area contributed by atoms with E-state index < -0.39 is 0 Å². The van der Waals surface area contributed by atoms with Crippen LogP contribution in [0.1, 0.15) is 16.1 Å². The summed E-state index contributed by atoms with van der Waals surface area (Å²) in [7, 11) is 4.10. The topological polar surface area (TPSA) is 38.5 Å². The van der Waals surface area contributed by atoms with Gasteiger partial charge in [-0.3, -0.25) is 4.79 Å². The van der Waals surface area contributed by atoms with Crippen LogP contribution in [0.3, 0.4) is 0 Å². The van der Waals surface area contributed by atoms with Crippen LogP contribution in [-0.4, -0.2) is 37.7 Å². The maximum atomic E-state index is 13.4. The molecule has 0 aliphatic carbocycles. The molecule has 1 aromatic heterocycles. The van der Waals surface area contributed by atoms with Gasteiger partial charge >= 0.3 is 0 Å². The molecule has 0 saturated heterocycles. The number of nitrogens with one attached hydrogen (secondary N) is 2. The van der Waals surface area contributed by atoms with E-state index in [1.54, 1.807) is 12.1 Å². The molecule has 0 unspecified atom stereocenters. The van der Waals surface area contributed by atoms with E-state index in [1.807, 2.05) is 47.9 Å². The summed E-state index contributed by atoms with van der Waals surface area (Å²) in [6.07, 6.45) is 0. The molecule has 0 radical (unpaired) electrons. The minimum Gasteiger partial charge on any atom is -0.346 e. The quantitative estimate of drug-likeness (QED) is 0.691. The SMILES string of the molecule is Cc1c(C(=O)NCC[NH+](C)C)cc(-c2ccc(F)cc2)n1-c1ccccc1. The molecule has 2 aromatic carbocycles. The van der Waals surface area contributed by atoms with E-state index in [1.165, 1.54) is 17.0 Å². The molecule has 3 rings (SSSR count). The van der Waals surface area contributed by atoms with E-state index in [2.05, 4.69) is 19.4 Å². The van der Waals surface area contributed by atoms with Gasteiger partial charge in [0.15, 0.2) is 0 Å². The van der Waals surface area contributed by atoms with Crippen LogP contribution >= 0.6 is 0 Å². The van der Waals surface area contributed by atoms with Crippen LogP contribution in [0, 0.1) is 12.7 Å². The van der Waals surface area contributed by atoms with Gasteiger partial charge < -0.3 is 14.8 Å². The summed E-state index contributed by atoms with van der Waals surface area (Å²) >= 11 is 0. The fraction of sp³-hybridized carbons (Fsp3) is 0.227. The van der Waals surface area contributed by atoms with Crippen molar-refractivity contribution >= 4 is 5.91 Å². The third-order valence-electron chi connectivity index (χ3n) is 4.56. The monoisotopic (exact) mass is 366 g/mol. The van der Waals surface area contributed by atoms with Gasteiger partial charge in [-0.25, -0.2) is 4.39 Å². The maximum absolute atomic E-state index is 13.4. The first-order valence-electron chi connectivity index (χ1n) is 9.08. The molecule has 0 aliphatic heterocycles. The number of rotatable bonds is 6. The molecule has 5 heteroatoms. The zero-order valence-electron chi connectivity index (χ0n) is 15.9. The molecule has 3 aromatic rings. The Hall–Kier alpha value is -2.92. The number of aromatic nitrogens is 1. The van der Waals surface area contributed by atoms with E-state index in [-0.39, 0.29) is 11.7 Å². The first-order valence-corrected chi connectivity index (χ1v) is 9.08. The largest absolute Gasteiger partial charge is 0.346 e. The van der Waals surface area contributed by atoms with Gasteiger partial charge in [0.05, 0.1) is 38.4 Å². The number of amides is 1. The molecule has 1 heterocycles. The highest BCUT2D eigenvalue weighted by molar-refractivity contribution is 5.97. The van der Waals surface area contributed by atoms with Gasteiger partial charge in [-0.2, -0.15) is 0 Å². The molecule has 0 bridgehead atoms. The van der Waals surface area contributed by atoms with Crippen LogP contribution in [0.4, 0.5) is 4.39 Å². The van der Waals surface area contributed by atoms with E-state index in [0.717, 1.165) is 29.2 Å². The number of carbonyl (C=O) groups is 1. The molecule has 2 N–H and O–H groups in total. The third-order valence-corrected chi connectivity index (χ3v) is 4.56. The first kappa shape index (κ1) is 18.9. The van der Waals surface area contributed by atoms with E-state index in [0.29, 0.717) is 12.1 Å². The van der Waals surface area contributed by atoms with Gasteiger partial charge in [0.25, 0.3) is 5.91 Å². The Bertz CT molecular complexity index is 915. The molecule has 27 heavy (non-hydrogen) atoms. The Morgan fingerprint density at radius 3 is 2.37 bits per heavy atom. The second kappa shape index (κ2) is 8.18. The maximum Gasteiger partial charge on any atom is 0.253 e. The highest BCUT2D eigenvalue weighted by atomic mass is 19.1. The highest BCUT2D eigenvalue weighted by Gasteiger charge is 2.19. The van der Waals surface area contributed by atoms with Gasteiger partial charge in [-0.05, 0) is 55.0 Å². The minimum absolute atomic E-state index is 0.0909. The Morgan fingerprint density at radius 2 is 1.74 bits per heavy atom. The van der Waals surface area contributed by atoms with Crippen molar-refractivity contribution in [2.24, 2.45) is 0 Å². The molecule has 0 fully saturated rings. The number of quaternary nitrogens is 1. The van der Waals surface area contributed by atoms with Crippen LogP contribution in [0.25, 0.3) is 16.9 Å². The van der Waals surface area contributed by atoms with Crippen molar-refractivity contribution < 1.29 is 14.1 Å². The molecule has 1 amide bonds. The number of hydrogen-bond acceptors (Lipinski definition) is 1. The molecular formula is C22H25FN3O+. The normalized spacial score (nSPS) is 11.0. The zero-order valence-corrected chi connectivity index (χ0v) is 15.9. The summed E-state index contributed by atoms with van der Waals surface area (Å²) in [4.78, 5) is 14.0. The number of likely N-dealkylation sites (N-methyl/N-ethyl adjacent to an activating group) is 1. The number of halogens is 1. The number of hydrogen-bond donors (Lipinski definition) is 2. The lowest BCUT2D eigenvalue weighted by molar-refractivity contribution is -0.856. The van der Waals surface area contributed by atoms with Gasteiger partial charge in [-0.1, -0.05) is 18.2 Å². The van der Waals surface area contributed by atoms with Crippen molar-refractivity contribution in [1.82, 2.24) is 9.88 Å². The van der Waals surface area contributed by atoms with Crippen molar-refractivity contribution in [3.05, 3.63) is 77.7 Å². The Balaban J connectivity index is 2.04. The summed E-state index contributed by atoms with van der Waals surface area (Å²) < 4.78 is 15.4. The van der Waals surface area contributed by atoms with Crippen molar-refractivity contribution in [1.29, 1.82) is 0 Å². The van der Waals surface area contributed by atoms with Crippen LogP contribution in [0.2, 0.25) is 0 Å².